The number of nitrogens with zero attached hydrogens (tertiary/aromatic N) is 4. The Labute approximate surface area is 151 Å². The van der Waals surface area contributed by atoms with E-state index >= 15 is 0 Å². The van der Waals surface area contributed by atoms with Crippen molar-refractivity contribution in [2.75, 3.05) is 11.1 Å². The number of hydrogen-bond donors (Lipinski definition) is 1. The van der Waals surface area contributed by atoms with Gasteiger partial charge in [-0.1, -0.05) is 23.9 Å². The first-order valence-electron chi connectivity index (χ1n) is 7.61. The molecule has 0 saturated carbocycles. The molecule has 3 aromatic rings. The summed E-state index contributed by atoms with van der Waals surface area (Å²) in [6.07, 6.45) is 0. The molecule has 0 fully saturated rings. The number of para-hydroxylation sites is 1. The zero-order valence-electron chi connectivity index (χ0n) is 14.3. The van der Waals surface area contributed by atoms with Gasteiger partial charge in [0.05, 0.1) is 11.4 Å². The van der Waals surface area contributed by atoms with Crippen molar-refractivity contribution in [1.82, 2.24) is 18.7 Å². The Kier molecular flexibility index (Phi) is 4.68. The standard InChI is InChI=1S/C16H16FN5O3S/c1-20-12-13(21(2)16(25)22(3)14(12)24)19-15(20)26-8-11(23)18-10-7-5-4-6-9(10)17/h4-7H,8H2,1-3H3,(H,18,23). The highest BCUT2D eigenvalue weighted by Crippen LogP contribution is 2.20. The largest absolute Gasteiger partial charge is 0.332 e. The van der Waals surface area contributed by atoms with Crippen LogP contribution in [0.15, 0.2) is 39.0 Å². The van der Waals surface area contributed by atoms with E-state index in [1.165, 1.54) is 41.4 Å². The summed E-state index contributed by atoms with van der Waals surface area (Å²) in [7, 11) is 4.56. The van der Waals surface area contributed by atoms with E-state index in [9.17, 15) is 18.8 Å². The topological polar surface area (TPSA) is 90.9 Å². The van der Waals surface area contributed by atoms with Crippen LogP contribution in [0.25, 0.3) is 11.2 Å². The molecular weight excluding hydrogens is 361 g/mol. The van der Waals surface area contributed by atoms with Crippen molar-refractivity contribution >= 4 is 34.5 Å². The van der Waals surface area contributed by atoms with Gasteiger partial charge in [-0.2, -0.15) is 0 Å². The summed E-state index contributed by atoms with van der Waals surface area (Å²) >= 11 is 1.09. The van der Waals surface area contributed by atoms with Gasteiger partial charge in [-0.25, -0.2) is 14.2 Å². The van der Waals surface area contributed by atoms with Crippen LogP contribution in [0.4, 0.5) is 10.1 Å². The minimum atomic E-state index is -0.521. The average molecular weight is 377 g/mol. The fourth-order valence-electron chi connectivity index (χ4n) is 2.51. The molecule has 0 bridgehead atoms. The van der Waals surface area contributed by atoms with Gasteiger partial charge in [0.15, 0.2) is 16.3 Å². The van der Waals surface area contributed by atoms with Gasteiger partial charge in [-0.3, -0.25) is 18.7 Å². The number of nitrogens with one attached hydrogen (secondary N) is 1. The molecule has 1 N–H and O–H groups in total. The predicted molar refractivity (Wildman–Crippen MR) is 96.9 cm³/mol. The summed E-state index contributed by atoms with van der Waals surface area (Å²) in [6, 6.07) is 5.87. The number of carbonyl (C=O) groups excluding carboxylic acids is 1. The number of halogens is 1. The summed E-state index contributed by atoms with van der Waals surface area (Å²) in [4.78, 5) is 40.6. The quantitative estimate of drug-likeness (QED) is 0.681. The van der Waals surface area contributed by atoms with Crippen LogP contribution in [0.2, 0.25) is 0 Å². The third-order valence-electron chi connectivity index (χ3n) is 3.91. The molecular formula is C16H16FN5O3S. The molecule has 0 aliphatic heterocycles. The summed E-state index contributed by atoms with van der Waals surface area (Å²) in [5.74, 6) is -0.958. The third kappa shape index (κ3) is 3.03. The van der Waals surface area contributed by atoms with Crippen molar-refractivity contribution < 1.29 is 9.18 Å². The number of benzene rings is 1. The van der Waals surface area contributed by atoms with E-state index in [1.807, 2.05) is 0 Å². The lowest BCUT2D eigenvalue weighted by atomic mass is 10.3. The molecule has 0 atom stereocenters. The van der Waals surface area contributed by atoms with Gasteiger partial charge in [-0.15, -0.1) is 0 Å². The maximum atomic E-state index is 13.6. The third-order valence-corrected chi connectivity index (χ3v) is 4.94. The lowest BCUT2D eigenvalue weighted by Crippen LogP contribution is -2.37. The van der Waals surface area contributed by atoms with E-state index in [2.05, 4.69) is 10.3 Å². The fraction of sp³-hybridized carbons (Fsp3) is 0.250. The van der Waals surface area contributed by atoms with Crippen LogP contribution >= 0.6 is 11.8 Å². The van der Waals surface area contributed by atoms with Gasteiger partial charge in [0.2, 0.25) is 5.91 Å². The average Bonchev–Trinajstić information content (AvgIpc) is 2.95. The second-order valence-electron chi connectivity index (χ2n) is 5.65. The Balaban J connectivity index is 1.85. The highest BCUT2D eigenvalue weighted by molar-refractivity contribution is 7.99. The minimum Gasteiger partial charge on any atom is -0.323 e. The summed E-state index contributed by atoms with van der Waals surface area (Å²) in [5, 5.41) is 2.89. The first-order valence-corrected chi connectivity index (χ1v) is 8.59. The van der Waals surface area contributed by atoms with Gasteiger partial charge in [0.25, 0.3) is 5.56 Å². The number of thioether (sulfide) groups is 1. The van der Waals surface area contributed by atoms with E-state index < -0.39 is 23.0 Å². The molecule has 8 nitrogen and oxygen atoms in total. The molecule has 0 aliphatic rings. The number of imidazole rings is 1. The van der Waals surface area contributed by atoms with Crippen LogP contribution in [-0.4, -0.2) is 30.3 Å². The van der Waals surface area contributed by atoms with Gasteiger partial charge < -0.3 is 9.88 Å². The lowest BCUT2D eigenvalue weighted by Gasteiger charge is -2.06. The smallest absolute Gasteiger partial charge is 0.323 e. The number of aryl methyl sites for hydroxylation is 2. The van der Waals surface area contributed by atoms with Crippen LogP contribution in [0.5, 0.6) is 0 Å². The maximum absolute atomic E-state index is 13.6. The van der Waals surface area contributed by atoms with Crippen molar-refractivity contribution in [3.05, 3.63) is 50.9 Å². The predicted octanol–water partition coefficient (Wildman–Crippen LogP) is 0.841. The first kappa shape index (κ1) is 17.9. The highest BCUT2D eigenvalue weighted by Gasteiger charge is 2.18. The van der Waals surface area contributed by atoms with Gasteiger partial charge in [0, 0.05) is 21.1 Å². The normalized spacial score (nSPS) is 11.1. The molecule has 0 radical (unpaired) electrons. The Hall–Kier alpha value is -2.88. The molecule has 2 heterocycles. The Bertz CT molecular complexity index is 1130. The van der Waals surface area contributed by atoms with Gasteiger partial charge in [-0.05, 0) is 12.1 Å². The monoisotopic (exact) mass is 377 g/mol. The molecule has 0 saturated heterocycles. The Morgan fingerprint density at radius 3 is 2.54 bits per heavy atom. The zero-order chi connectivity index (χ0) is 19.0. The minimum absolute atomic E-state index is 0.0280. The van der Waals surface area contributed by atoms with E-state index in [-0.39, 0.29) is 22.6 Å². The molecule has 0 unspecified atom stereocenters. The summed E-state index contributed by atoms with van der Waals surface area (Å²) in [6.45, 7) is 0. The molecule has 10 heteroatoms. The van der Waals surface area contributed by atoms with Crippen molar-refractivity contribution in [1.29, 1.82) is 0 Å². The van der Waals surface area contributed by atoms with E-state index in [1.54, 1.807) is 13.1 Å². The number of carbonyl (C=O) groups is 1. The van der Waals surface area contributed by atoms with Gasteiger partial charge >= 0.3 is 5.69 Å². The molecule has 0 spiro atoms. The maximum Gasteiger partial charge on any atom is 0.332 e. The molecule has 1 amide bonds. The van der Waals surface area contributed by atoms with Crippen molar-refractivity contribution in [3.8, 4) is 0 Å². The molecule has 1 aromatic carbocycles. The van der Waals surface area contributed by atoms with E-state index in [0.717, 1.165) is 16.3 Å². The highest BCUT2D eigenvalue weighted by atomic mass is 32.2. The number of rotatable bonds is 4. The summed E-state index contributed by atoms with van der Waals surface area (Å²) in [5.41, 5.74) is -0.321. The SMILES string of the molecule is Cn1c(=O)c2c(nc(SCC(=O)Nc3ccccc3F)n2C)n(C)c1=O. The van der Waals surface area contributed by atoms with Crippen molar-refractivity contribution in [2.24, 2.45) is 21.1 Å². The molecule has 0 aliphatic carbocycles. The zero-order valence-corrected chi connectivity index (χ0v) is 15.1. The number of amides is 1. The Morgan fingerprint density at radius 2 is 1.85 bits per heavy atom. The molecule has 26 heavy (non-hydrogen) atoms. The van der Waals surface area contributed by atoms with Crippen molar-refractivity contribution in [2.45, 2.75) is 5.16 Å². The van der Waals surface area contributed by atoms with Crippen LogP contribution in [0.1, 0.15) is 0 Å². The van der Waals surface area contributed by atoms with Crippen LogP contribution in [0, 0.1) is 5.82 Å². The second-order valence-corrected chi connectivity index (χ2v) is 6.59. The van der Waals surface area contributed by atoms with E-state index in [4.69, 9.17) is 0 Å². The molecule has 136 valence electrons. The number of anilines is 1. The number of aromatic nitrogens is 4. The van der Waals surface area contributed by atoms with Crippen LogP contribution in [0.3, 0.4) is 0 Å². The Morgan fingerprint density at radius 1 is 1.15 bits per heavy atom. The van der Waals surface area contributed by atoms with Crippen LogP contribution < -0.4 is 16.6 Å². The van der Waals surface area contributed by atoms with E-state index in [0.29, 0.717) is 5.16 Å². The first-order chi connectivity index (χ1) is 12.3. The van der Waals surface area contributed by atoms with Gasteiger partial charge in [0.1, 0.15) is 5.82 Å². The number of hydrogen-bond acceptors (Lipinski definition) is 5. The van der Waals surface area contributed by atoms with Crippen molar-refractivity contribution in [3.63, 3.8) is 0 Å². The van der Waals surface area contributed by atoms with Crippen LogP contribution in [-0.2, 0) is 25.9 Å². The summed E-state index contributed by atoms with van der Waals surface area (Å²) < 4.78 is 17.4. The fourth-order valence-corrected chi connectivity index (χ4v) is 3.27. The second kappa shape index (κ2) is 6.79. The molecule has 3 rings (SSSR count). The number of fused-ring (bicyclic) bond motifs is 1. The molecule has 2 aromatic heterocycles. The lowest BCUT2D eigenvalue weighted by molar-refractivity contribution is -0.113.